The summed E-state index contributed by atoms with van der Waals surface area (Å²) in [6.45, 7) is 1.69. The van der Waals surface area contributed by atoms with Gasteiger partial charge in [-0.15, -0.1) is 0 Å². The molecule has 0 saturated carbocycles. The Morgan fingerprint density at radius 2 is 1.84 bits per heavy atom. The molecule has 0 aliphatic heterocycles. The van der Waals surface area contributed by atoms with E-state index in [1.54, 1.807) is 49.6 Å². The number of hydrogen-bond acceptors (Lipinski definition) is 5. The lowest BCUT2D eigenvalue weighted by atomic mass is 10.0. The first-order valence-corrected chi connectivity index (χ1v) is 9.96. The number of aliphatic hydroxyl groups excluding tert-OH is 1. The maximum Gasteiger partial charge on any atom is 0.343 e. The molecule has 31 heavy (non-hydrogen) atoms. The number of carbonyl (C=O) groups is 1. The summed E-state index contributed by atoms with van der Waals surface area (Å²) in [6.07, 6.45) is 4.29. The maximum atomic E-state index is 14.8. The Hall–Kier alpha value is -3.22. The van der Waals surface area contributed by atoms with E-state index in [1.165, 1.54) is 18.2 Å². The topological polar surface area (TPSA) is 71.8 Å². The van der Waals surface area contributed by atoms with Crippen LogP contribution in [-0.4, -0.2) is 28.9 Å². The molecular weight excluding hydrogens is 442 g/mol. The standard InChI is InChI=1S/C23H17Cl2FN2O3/c1-2-31-23(30)18(13-28-16-4-6-19(24)20(25)12-16)22(29)17-5-3-15(11-21(17)26)14-7-9-27-10-8-14/h3-13,29H,2H2,1H3/b22-18+,28-13?. The van der Waals surface area contributed by atoms with Gasteiger partial charge in [-0.25, -0.2) is 9.18 Å². The molecule has 158 valence electrons. The highest BCUT2D eigenvalue weighted by molar-refractivity contribution is 6.42. The normalized spacial score (nSPS) is 12.0. The third kappa shape index (κ3) is 5.48. The Kier molecular flexibility index (Phi) is 7.39. The van der Waals surface area contributed by atoms with E-state index in [0.717, 1.165) is 11.8 Å². The summed E-state index contributed by atoms with van der Waals surface area (Å²) in [6, 6.07) is 12.4. The van der Waals surface area contributed by atoms with Crippen molar-refractivity contribution >= 4 is 46.8 Å². The Morgan fingerprint density at radius 1 is 1.10 bits per heavy atom. The number of aliphatic imine (C=N–C) groups is 1. The zero-order valence-corrected chi connectivity index (χ0v) is 17.9. The van der Waals surface area contributed by atoms with Crippen molar-refractivity contribution in [2.75, 3.05) is 6.61 Å². The first-order chi connectivity index (χ1) is 14.9. The number of pyridine rings is 1. The molecular formula is C23H17Cl2FN2O3. The number of aromatic nitrogens is 1. The van der Waals surface area contributed by atoms with Crippen LogP contribution in [0.25, 0.3) is 16.9 Å². The maximum absolute atomic E-state index is 14.8. The van der Waals surface area contributed by atoms with Crippen molar-refractivity contribution in [2.24, 2.45) is 4.99 Å². The van der Waals surface area contributed by atoms with Crippen LogP contribution < -0.4 is 0 Å². The van der Waals surface area contributed by atoms with E-state index in [4.69, 9.17) is 27.9 Å². The lowest BCUT2D eigenvalue weighted by Crippen LogP contribution is -2.11. The summed E-state index contributed by atoms with van der Waals surface area (Å²) < 4.78 is 19.8. The zero-order chi connectivity index (χ0) is 22.4. The number of halogens is 3. The second kappa shape index (κ2) is 10.2. The molecule has 0 aliphatic carbocycles. The van der Waals surface area contributed by atoms with Crippen molar-refractivity contribution in [3.63, 3.8) is 0 Å². The van der Waals surface area contributed by atoms with E-state index in [0.29, 0.717) is 16.3 Å². The minimum absolute atomic E-state index is 0.0691. The highest BCUT2D eigenvalue weighted by Crippen LogP contribution is 2.28. The van der Waals surface area contributed by atoms with Crippen molar-refractivity contribution in [3.05, 3.63) is 87.9 Å². The SMILES string of the molecule is CCOC(=O)/C(C=Nc1ccc(Cl)c(Cl)c1)=C(/O)c1ccc(-c2ccncc2)cc1F. The molecule has 0 atom stereocenters. The van der Waals surface area contributed by atoms with Crippen LogP contribution in [0.4, 0.5) is 10.1 Å². The highest BCUT2D eigenvalue weighted by atomic mass is 35.5. The van der Waals surface area contributed by atoms with Crippen LogP contribution >= 0.6 is 23.2 Å². The molecule has 0 radical (unpaired) electrons. The number of benzene rings is 2. The number of hydrogen-bond donors (Lipinski definition) is 1. The van der Waals surface area contributed by atoms with Gasteiger partial charge in [0.2, 0.25) is 0 Å². The van der Waals surface area contributed by atoms with Gasteiger partial charge < -0.3 is 9.84 Å². The second-order valence-electron chi connectivity index (χ2n) is 6.27. The van der Waals surface area contributed by atoms with Gasteiger partial charge in [0.25, 0.3) is 0 Å². The van der Waals surface area contributed by atoms with Crippen molar-refractivity contribution in [1.29, 1.82) is 0 Å². The van der Waals surface area contributed by atoms with E-state index in [-0.39, 0.29) is 22.8 Å². The fourth-order valence-electron chi connectivity index (χ4n) is 2.70. The van der Waals surface area contributed by atoms with Gasteiger partial charge >= 0.3 is 5.97 Å². The summed E-state index contributed by atoms with van der Waals surface area (Å²) in [4.78, 5) is 20.5. The van der Waals surface area contributed by atoms with Gasteiger partial charge in [0.1, 0.15) is 17.1 Å². The van der Waals surface area contributed by atoms with Gasteiger partial charge in [-0.2, -0.15) is 0 Å². The molecule has 0 fully saturated rings. The predicted molar refractivity (Wildman–Crippen MR) is 120 cm³/mol. The fraction of sp³-hybridized carbons (Fsp3) is 0.0870. The van der Waals surface area contributed by atoms with Crippen LogP contribution in [0.2, 0.25) is 10.0 Å². The summed E-state index contributed by atoms with van der Waals surface area (Å²) in [7, 11) is 0. The number of rotatable bonds is 6. The molecule has 3 aromatic rings. The lowest BCUT2D eigenvalue weighted by molar-refractivity contribution is -0.137. The number of aliphatic hydroxyl groups is 1. The fourth-order valence-corrected chi connectivity index (χ4v) is 2.99. The smallest absolute Gasteiger partial charge is 0.343 e. The monoisotopic (exact) mass is 458 g/mol. The largest absolute Gasteiger partial charge is 0.506 e. The van der Waals surface area contributed by atoms with Crippen LogP contribution in [0.15, 0.2) is 71.5 Å². The van der Waals surface area contributed by atoms with Crippen LogP contribution in [0.1, 0.15) is 12.5 Å². The average molecular weight is 459 g/mol. The summed E-state index contributed by atoms with van der Waals surface area (Å²) in [5.74, 6) is -2.15. The molecule has 1 aromatic heterocycles. The molecule has 0 saturated heterocycles. The number of carbonyl (C=O) groups excluding carboxylic acids is 1. The Labute approximate surface area is 188 Å². The quantitative estimate of drug-likeness (QED) is 0.200. The van der Waals surface area contributed by atoms with Crippen LogP contribution in [0.5, 0.6) is 0 Å². The van der Waals surface area contributed by atoms with Crippen molar-refractivity contribution in [1.82, 2.24) is 4.98 Å². The molecule has 0 spiro atoms. The zero-order valence-electron chi connectivity index (χ0n) is 16.3. The minimum Gasteiger partial charge on any atom is -0.506 e. The third-order valence-electron chi connectivity index (χ3n) is 4.23. The minimum atomic E-state index is -0.846. The van der Waals surface area contributed by atoms with Gasteiger partial charge in [0.15, 0.2) is 0 Å². The molecule has 8 heteroatoms. The lowest BCUT2D eigenvalue weighted by Gasteiger charge is -2.09. The molecule has 0 amide bonds. The first-order valence-electron chi connectivity index (χ1n) is 9.20. The Balaban J connectivity index is 2.02. The molecule has 0 unspecified atom stereocenters. The van der Waals surface area contributed by atoms with E-state index >= 15 is 0 Å². The number of esters is 1. The van der Waals surface area contributed by atoms with Gasteiger partial charge in [-0.05, 0) is 60.5 Å². The van der Waals surface area contributed by atoms with Gasteiger partial charge in [0.05, 0.1) is 27.9 Å². The molecule has 1 heterocycles. The van der Waals surface area contributed by atoms with Crippen molar-refractivity contribution < 1.29 is 19.0 Å². The van der Waals surface area contributed by atoms with E-state index in [9.17, 15) is 14.3 Å². The van der Waals surface area contributed by atoms with E-state index in [2.05, 4.69) is 9.98 Å². The average Bonchev–Trinajstić information content (AvgIpc) is 2.77. The van der Waals surface area contributed by atoms with Crippen LogP contribution in [0, 0.1) is 5.82 Å². The predicted octanol–water partition coefficient (Wildman–Crippen LogP) is 6.43. The second-order valence-corrected chi connectivity index (χ2v) is 7.08. The number of nitrogens with zero attached hydrogens (tertiary/aromatic N) is 2. The van der Waals surface area contributed by atoms with Crippen LogP contribution in [-0.2, 0) is 9.53 Å². The van der Waals surface area contributed by atoms with E-state index in [1.807, 2.05) is 0 Å². The highest BCUT2D eigenvalue weighted by Gasteiger charge is 2.19. The summed E-state index contributed by atoms with van der Waals surface area (Å²) in [5, 5.41) is 11.3. The Morgan fingerprint density at radius 3 is 2.48 bits per heavy atom. The van der Waals surface area contributed by atoms with Crippen molar-refractivity contribution in [2.45, 2.75) is 6.92 Å². The van der Waals surface area contributed by atoms with Gasteiger partial charge in [-0.3, -0.25) is 9.98 Å². The van der Waals surface area contributed by atoms with Gasteiger partial charge in [-0.1, -0.05) is 29.3 Å². The van der Waals surface area contributed by atoms with Crippen molar-refractivity contribution in [3.8, 4) is 11.1 Å². The number of ether oxygens (including phenoxy) is 1. The van der Waals surface area contributed by atoms with Gasteiger partial charge in [0, 0.05) is 18.6 Å². The first kappa shape index (κ1) is 22.5. The summed E-state index contributed by atoms with van der Waals surface area (Å²) in [5.41, 5.74) is 1.27. The molecule has 0 bridgehead atoms. The summed E-state index contributed by atoms with van der Waals surface area (Å²) >= 11 is 11.9. The molecule has 5 nitrogen and oxygen atoms in total. The molecule has 2 aromatic carbocycles. The Bertz CT molecular complexity index is 1160. The van der Waals surface area contributed by atoms with Crippen LogP contribution in [0.3, 0.4) is 0 Å². The third-order valence-corrected chi connectivity index (χ3v) is 4.97. The molecule has 0 aliphatic rings. The molecule has 3 rings (SSSR count). The molecule has 1 N–H and O–H groups in total. The van der Waals surface area contributed by atoms with E-state index < -0.39 is 17.5 Å².